The van der Waals surface area contributed by atoms with Crippen LogP contribution in [0.15, 0.2) is 53.4 Å². The number of hydrogen-bond acceptors (Lipinski definition) is 7. The van der Waals surface area contributed by atoms with Crippen molar-refractivity contribution in [3.8, 4) is 5.75 Å². The lowest BCUT2D eigenvalue weighted by molar-refractivity contribution is -0.385. The molecule has 9 nitrogen and oxygen atoms in total. The minimum atomic E-state index is -3.78. The van der Waals surface area contributed by atoms with Gasteiger partial charge in [-0.15, -0.1) is 0 Å². The predicted octanol–water partition coefficient (Wildman–Crippen LogP) is 2.41. The first-order valence-corrected chi connectivity index (χ1v) is 9.92. The van der Waals surface area contributed by atoms with Crippen LogP contribution in [0.3, 0.4) is 0 Å². The summed E-state index contributed by atoms with van der Waals surface area (Å²) in [6.07, 6.45) is -0.211. The van der Waals surface area contributed by atoms with Crippen molar-refractivity contribution in [1.29, 1.82) is 0 Å². The molecule has 2 rings (SSSR count). The van der Waals surface area contributed by atoms with Gasteiger partial charge in [-0.1, -0.05) is 12.1 Å². The highest BCUT2D eigenvalue weighted by molar-refractivity contribution is 7.89. The van der Waals surface area contributed by atoms with E-state index in [1.54, 1.807) is 18.2 Å². The molecule has 0 aliphatic heterocycles. The first-order chi connectivity index (χ1) is 13.3. The highest BCUT2D eigenvalue weighted by atomic mass is 32.2. The summed E-state index contributed by atoms with van der Waals surface area (Å²) in [5, 5.41) is 10.9. The molecule has 0 heterocycles. The Balaban J connectivity index is 1.83. The molecule has 0 spiro atoms. The van der Waals surface area contributed by atoms with Crippen LogP contribution in [0.1, 0.15) is 18.9 Å². The Kier molecular flexibility index (Phi) is 7.47. The van der Waals surface area contributed by atoms with E-state index in [1.807, 2.05) is 6.92 Å². The molecule has 0 unspecified atom stereocenters. The number of sulfonamides is 1. The largest absolute Gasteiger partial charge is 0.494 e. The van der Waals surface area contributed by atoms with Gasteiger partial charge in [0.15, 0.2) is 0 Å². The third-order valence-electron chi connectivity index (χ3n) is 3.64. The molecule has 0 aromatic heterocycles. The van der Waals surface area contributed by atoms with Crippen molar-refractivity contribution in [3.05, 3.63) is 64.2 Å². The minimum Gasteiger partial charge on any atom is -0.494 e. The van der Waals surface area contributed by atoms with Crippen molar-refractivity contribution in [3.63, 3.8) is 0 Å². The number of hydrogen-bond donors (Lipinski definition) is 1. The number of para-hydroxylation sites is 1. The van der Waals surface area contributed by atoms with Gasteiger partial charge in [0.1, 0.15) is 12.4 Å². The van der Waals surface area contributed by atoms with Gasteiger partial charge in [0, 0.05) is 12.6 Å². The first-order valence-electron chi connectivity index (χ1n) is 8.44. The summed E-state index contributed by atoms with van der Waals surface area (Å²) in [6, 6.07) is 11.8. The third kappa shape index (κ3) is 6.03. The highest BCUT2D eigenvalue weighted by Crippen LogP contribution is 2.19. The second-order valence-corrected chi connectivity index (χ2v) is 7.37. The van der Waals surface area contributed by atoms with Gasteiger partial charge in [-0.25, -0.2) is 13.1 Å². The fourth-order valence-electron chi connectivity index (χ4n) is 2.29. The molecule has 0 amide bonds. The monoisotopic (exact) mass is 408 g/mol. The number of nitrogens with one attached hydrogen (secondary N) is 1. The number of ether oxygens (including phenoxy) is 2. The average Bonchev–Trinajstić information content (AvgIpc) is 2.67. The standard InChI is InChI=1S/C18H20N2O7S/c1-2-26-15-7-9-16(10-8-15)28(24,25)19-12-11-18(21)27-13-14-5-3-4-6-17(14)20(22)23/h3-10,19H,2,11-13H2,1H3. The van der Waals surface area contributed by atoms with Crippen LogP contribution < -0.4 is 9.46 Å². The van der Waals surface area contributed by atoms with Crippen LogP contribution in [0.25, 0.3) is 0 Å². The van der Waals surface area contributed by atoms with Crippen LogP contribution in [-0.4, -0.2) is 32.5 Å². The summed E-state index contributed by atoms with van der Waals surface area (Å²) in [5.41, 5.74) is 0.113. The molecular formula is C18H20N2O7S. The van der Waals surface area contributed by atoms with Crippen LogP contribution in [0, 0.1) is 10.1 Å². The summed E-state index contributed by atoms with van der Waals surface area (Å²) in [7, 11) is -3.78. The van der Waals surface area contributed by atoms with Gasteiger partial charge in [-0.05, 0) is 37.3 Å². The maximum Gasteiger partial charge on any atom is 0.307 e. The van der Waals surface area contributed by atoms with Crippen molar-refractivity contribution in [1.82, 2.24) is 4.72 Å². The van der Waals surface area contributed by atoms with E-state index in [9.17, 15) is 23.3 Å². The van der Waals surface area contributed by atoms with Crippen LogP contribution in [0.4, 0.5) is 5.69 Å². The summed E-state index contributed by atoms with van der Waals surface area (Å²) in [4.78, 5) is 22.2. The van der Waals surface area contributed by atoms with E-state index in [2.05, 4.69) is 4.72 Å². The molecule has 0 fully saturated rings. The molecule has 0 saturated carbocycles. The fraction of sp³-hybridized carbons (Fsp3) is 0.278. The maximum atomic E-state index is 12.2. The summed E-state index contributed by atoms with van der Waals surface area (Å²) in [5.74, 6) is -0.118. The van der Waals surface area contributed by atoms with Crippen molar-refractivity contribution in [2.75, 3.05) is 13.2 Å². The number of nitro benzene ring substituents is 1. The van der Waals surface area contributed by atoms with E-state index in [4.69, 9.17) is 9.47 Å². The molecule has 150 valence electrons. The Bertz CT molecular complexity index is 927. The second kappa shape index (κ2) is 9.81. The number of benzene rings is 2. The third-order valence-corrected chi connectivity index (χ3v) is 5.12. The predicted molar refractivity (Wildman–Crippen MR) is 100 cm³/mol. The minimum absolute atomic E-state index is 0.0456. The van der Waals surface area contributed by atoms with Gasteiger partial charge >= 0.3 is 5.97 Å². The number of nitrogens with zero attached hydrogens (tertiary/aromatic N) is 1. The van der Waals surface area contributed by atoms with Crippen LogP contribution in [-0.2, 0) is 26.2 Å². The topological polar surface area (TPSA) is 125 Å². The van der Waals surface area contributed by atoms with E-state index in [1.165, 1.54) is 30.3 Å². The van der Waals surface area contributed by atoms with Crippen LogP contribution in [0.5, 0.6) is 5.75 Å². The normalized spacial score (nSPS) is 11.0. The van der Waals surface area contributed by atoms with Crippen molar-refractivity contribution < 1.29 is 27.6 Å². The first kappa shape index (κ1) is 21.3. The smallest absolute Gasteiger partial charge is 0.307 e. The van der Waals surface area contributed by atoms with Gasteiger partial charge in [0.05, 0.1) is 28.4 Å². The van der Waals surface area contributed by atoms with Gasteiger partial charge in [0.2, 0.25) is 10.0 Å². The molecule has 0 aliphatic carbocycles. The Morgan fingerprint density at radius 3 is 2.46 bits per heavy atom. The van der Waals surface area contributed by atoms with Gasteiger partial charge < -0.3 is 9.47 Å². The molecule has 0 atom stereocenters. The number of nitro groups is 1. The summed E-state index contributed by atoms with van der Waals surface area (Å²) >= 11 is 0. The van der Waals surface area contributed by atoms with E-state index in [0.717, 1.165) is 0 Å². The molecule has 28 heavy (non-hydrogen) atoms. The van der Waals surface area contributed by atoms with E-state index < -0.39 is 20.9 Å². The zero-order valence-electron chi connectivity index (χ0n) is 15.2. The lowest BCUT2D eigenvalue weighted by Crippen LogP contribution is -2.26. The molecule has 1 N–H and O–H groups in total. The Labute approximate surface area is 162 Å². The quantitative estimate of drug-likeness (QED) is 0.363. The highest BCUT2D eigenvalue weighted by Gasteiger charge is 2.16. The van der Waals surface area contributed by atoms with E-state index in [0.29, 0.717) is 12.4 Å². The number of carbonyl (C=O) groups excluding carboxylic acids is 1. The Morgan fingerprint density at radius 2 is 1.82 bits per heavy atom. The lowest BCUT2D eigenvalue weighted by Gasteiger charge is -2.08. The molecule has 0 radical (unpaired) electrons. The number of rotatable bonds is 10. The average molecular weight is 408 g/mol. The number of esters is 1. The number of carbonyl (C=O) groups is 1. The van der Waals surface area contributed by atoms with Crippen LogP contribution in [0.2, 0.25) is 0 Å². The lowest BCUT2D eigenvalue weighted by atomic mass is 10.2. The van der Waals surface area contributed by atoms with E-state index in [-0.39, 0.29) is 35.7 Å². The molecular weight excluding hydrogens is 388 g/mol. The second-order valence-electron chi connectivity index (χ2n) is 5.60. The molecule has 0 saturated heterocycles. The molecule has 2 aromatic carbocycles. The zero-order valence-corrected chi connectivity index (χ0v) is 16.0. The fourth-order valence-corrected chi connectivity index (χ4v) is 3.33. The molecule has 0 bridgehead atoms. The summed E-state index contributed by atoms with van der Waals surface area (Å²) < 4.78 is 37.0. The van der Waals surface area contributed by atoms with Gasteiger partial charge in [-0.3, -0.25) is 14.9 Å². The van der Waals surface area contributed by atoms with Gasteiger partial charge in [-0.2, -0.15) is 0 Å². The van der Waals surface area contributed by atoms with Crippen molar-refractivity contribution in [2.45, 2.75) is 24.8 Å². The zero-order chi connectivity index (χ0) is 20.6. The molecule has 10 heteroatoms. The Morgan fingerprint density at radius 1 is 1.14 bits per heavy atom. The van der Waals surface area contributed by atoms with Crippen molar-refractivity contribution in [2.24, 2.45) is 0 Å². The van der Waals surface area contributed by atoms with Crippen LogP contribution >= 0.6 is 0 Å². The summed E-state index contributed by atoms with van der Waals surface area (Å²) in [6.45, 7) is 1.87. The molecule has 2 aromatic rings. The molecule has 0 aliphatic rings. The Hall–Kier alpha value is -2.98. The maximum absolute atomic E-state index is 12.2. The SMILES string of the molecule is CCOc1ccc(S(=O)(=O)NCCC(=O)OCc2ccccc2[N+](=O)[O-])cc1. The van der Waals surface area contributed by atoms with E-state index >= 15 is 0 Å². The van der Waals surface area contributed by atoms with Gasteiger partial charge in [0.25, 0.3) is 5.69 Å². The van der Waals surface area contributed by atoms with Crippen molar-refractivity contribution >= 4 is 21.7 Å².